The third kappa shape index (κ3) is 5.13. The lowest BCUT2D eigenvalue weighted by Crippen LogP contribution is -2.23. The fraction of sp³-hybridized carbons (Fsp3) is 0.269. The van der Waals surface area contributed by atoms with Gasteiger partial charge in [-0.25, -0.2) is 4.52 Å². The highest BCUT2D eigenvalue weighted by Crippen LogP contribution is 2.24. The highest BCUT2D eigenvalue weighted by atomic mass is 16.5. The molecule has 1 aromatic carbocycles. The Hall–Kier alpha value is -4.27. The highest BCUT2D eigenvalue weighted by molar-refractivity contribution is 5.77. The van der Waals surface area contributed by atoms with Crippen LogP contribution in [0.4, 0.5) is 0 Å². The third-order valence-electron chi connectivity index (χ3n) is 5.79. The summed E-state index contributed by atoms with van der Waals surface area (Å²) in [7, 11) is 0. The molecular weight excluding hydrogens is 442 g/mol. The summed E-state index contributed by atoms with van der Waals surface area (Å²) in [6.07, 6.45) is 10.2. The minimum atomic E-state index is -0.0413. The molecule has 9 nitrogen and oxygen atoms in total. The second-order valence-electron chi connectivity index (χ2n) is 8.33. The van der Waals surface area contributed by atoms with E-state index in [-0.39, 0.29) is 5.91 Å². The number of fused-ring (bicyclic) bond motifs is 3. The van der Waals surface area contributed by atoms with E-state index < -0.39 is 0 Å². The first-order valence-electron chi connectivity index (χ1n) is 11.8. The Labute approximate surface area is 202 Å². The minimum absolute atomic E-state index is 0.0413. The number of hydrogen-bond donors (Lipinski definition) is 1. The van der Waals surface area contributed by atoms with Crippen LogP contribution < -0.4 is 10.1 Å². The first-order chi connectivity index (χ1) is 17.2. The minimum Gasteiger partial charge on any atom is -0.494 e. The summed E-state index contributed by atoms with van der Waals surface area (Å²) in [6.45, 7) is 3.33. The van der Waals surface area contributed by atoms with Crippen LogP contribution in [0.25, 0.3) is 22.4 Å². The van der Waals surface area contributed by atoms with Gasteiger partial charge in [0.05, 0.1) is 12.3 Å². The lowest BCUT2D eigenvalue weighted by atomic mass is 10.1. The lowest BCUT2D eigenvalue weighted by molar-refractivity contribution is -0.121. The molecule has 5 rings (SSSR count). The Morgan fingerprint density at radius 2 is 2.00 bits per heavy atom. The number of unbranched alkanes of at least 4 members (excludes halogenated alkanes) is 1. The Balaban J connectivity index is 1.27. The third-order valence-corrected chi connectivity index (χ3v) is 5.79. The number of nitrogens with one attached hydrogen (secondary N) is 1. The summed E-state index contributed by atoms with van der Waals surface area (Å²) in [5, 5.41) is 16.3. The topological polar surface area (TPSA) is 98.7 Å². The van der Waals surface area contributed by atoms with E-state index in [9.17, 15) is 4.79 Å². The molecule has 0 aliphatic carbocycles. The molecular formula is C26H27N7O2. The Bertz CT molecular complexity index is 1430. The predicted molar refractivity (Wildman–Crippen MR) is 132 cm³/mol. The molecule has 5 aromatic rings. The molecule has 1 amide bonds. The average Bonchev–Trinajstić information content (AvgIpc) is 3.51. The molecule has 0 atom stereocenters. The monoisotopic (exact) mass is 469 g/mol. The first-order valence-corrected chi connectivity index (χ1v) is 11.8. The number of aryl methyl sites for hydroxylation is 1. The van der Waals surface area contributed by atoms with Gasteiger partial charge in [0.1, 0.15) is 17.1 Å². The van der Waals surface area contributed by atoms with E-state index >= 15 is 0 Å². The number of pyridine rings is 1. The second kappa shape index (κ2) is 10.3. The van der Waals surface area contributed by atoms with E-state index in [0.29, 0.717) is 25.0 Å². The Morgan fingerprint density at radius 3 is 2.80 bits per heavy atom. The van der Waals surface area contributed by atoms with E-state index in [1.54, 1.807) is 16.9 Å². The second-order valence-corrected chi connectivity index (χ2v) is 8.33. The van der Waals surface area contributed by atoms with Crippen molar-refractivity contribution in [1.82, 2.24) is 34.5 Å². The van der Waals surface area contributed by atoms with E-state index in [0.717, 1.165) is 53.4 Å². The van der Waals surface area contributed by atoms with Gasteiger partial charge in [-0.3, -0.25) is 14.2 Å². The van der Waals surface area contributed by atoms with E-state index in [4.69, 9.17) is 9.84 Å². The van der Waals surface area contributed by atoms with Crippen molar-refractivity contribution in [1.29, 1.82) is 0 Å². The van der Waals surface area contributed by atoms with Crippen molar-refractivity contribution in [3.8, 4) is 17.0 Å². The molecule has 0 aliphatic heterocycles. The molecule has 0 saturated carbocycles. The SMILES string of the molecule is CCCCOc1ccc(-c2cc3c4nnc(CCC(=O)NCc5cccnc5)n4ccn3n2)cc1. The molecule has 1 N–H and O–H groups in total. The summed E-state index contributed by atoms with van der Waals surface area (Å²) in [5.74, 6) is 1.55. The fourth-order valence-electron chi connectivity index (χ4n) is 3.84. The van der Waals surface area contributed by atoms with Crippen LogP contribution in [0, 0.1) is 0 Å². The predicted octanol–water partition coefficient (Wildman–Crippen LogP) is 3.87. The summed E-state index contributed by atoms with van der Waals surface area (Å²) in [6, 6.07) is 13.8. The van der Waals surface area contributed by atoms with Crippen LogP contribution in [-0.4, -0.2) is 41.7 Å². The molecule has 9 heteroatoms. The average molecular weight is 470 g/mol. The molecule has 0 radical (unpaired) electrons. The smallest absolute Gasteiger partial charge is 0.220 e. The molecule has 0 saturated heterocycles. The number of rotatable bonds is 10. The molecule has 4 heterocycles. The number of aromatic nitrogens is 6. The zero-order chi connectivity index (χ0) is 24.0. The molecule has 0 aliphatic rings. The van der Waals surface area contributed by atoms with E-state index in [2.05, 4.69) is 27.4 Å². The van der Waals surface area contributed by atoms with E-state index in [1.807, 2.05) is 59.3 Å². The molecule has 0 unspecified atom stereocenters. The summed E-state index contributed by atoms with van der Waals surface area (Å²) < 4.78 is 9.47. The van der Waals surface area contributed by atoms with Crippen molar-refractivity contribution in [3.63, 3.8) is 0 Å². The zero-order valence-electron chi connectivity index (χ0n) is 19.6. The van der Waals surface area contributed by atoms with Crippen LogP contribution >= 0.6 is 0 Å². The van der Waals surface area contributed by atoms with Crippen molar-refractivity contribution in [2.24, 2.45) is 0 Å². The molecule has 0 bridgehead atoms. The molecule has 35 heavy (non-hydrogen) atoms. The van der Waals surface area contributed by atoms with Gasteiger partial charge in [-0.1, -0.05) is 19.4 Å². The van der Waals surface area contributed by atoms with Crippen molar-refractivity contribution in [2.45, 2.75) is 39.2 Å². The molecule has 0 spiro atoms. The summed E-state index contributed by atoms with van der Waals surface area (Å²) in [5.41, 5.74) is 4.37. The number of carbonyl (C=O) groups excluding carboxylic acids is 1. The highest BCUT2D eigenvalue weighted by Gasteiger charge is 2.14. The van der Waals surface area contributed by atoms with Crippen LogP contribution in [0.15, 0.2) is 67.3 Å². The molecule has 4 aromatic heterocycles. The molecule has 178 valence electrons. The van der Waals surface area contributed by atoms with Crippen molar-refractivity contribution < 1.29 is 9.53 Å². The maximum Gasteiger partial charge on any atom is 0.220 e. The summed E-state index contributed by atoms with van der Waals surface area (Å²) in [4.78, 5) is 16.4. The lowest BCUT2D eigenvalue weighted by Gasteiger charge is -2.05. The van der Waals surface area contributed by atoms with E-state index in [1.165, 1.54) is 0 Å². The van der Waals surface area contributed by atoms with Crippen molar-refractivity contribution in [2.75, 3.05) is 6.61 Å². The van der Waals surface area contributed by atoms with Crippen LogP contribution in [0.1, 0.15) is 37.6 Å². The summed E-state index contributed by atoms with van der Waals surface area (Å²) >= 11 is 0. The fourth-order valence-corrected chi connectivity index (χ4v) is 3.84. The number of ether oxygens (including phenoxy) is 1. The van der Waals surface area contributed by atoms with Gasteiger partial charge in [0.15, 0.2) is 5.65 Å². The van der Waals surface area contributed by atoms with Gasteiger partial charge >= 0.3 is 0 Å². The zero-order valence-corrected chi connectivity index (χ0v) is 19.6. The van der Waals surface area contributed by atoms with Gasteiger partial charge in [0.25, 0.3) is 0 Å². The number of carbonyl (C=O) groups is 1. The van der Waals surface area contributed by atoms with Gasteiger partial charge in [-0.05, 0) is 48.4 Å². The molecule has 0 fully saturated rings. The van der Waals surface area contributed by atoms with Gasteiger partial charge in [0, 0.05) is 49.7 Å². The first kappa shape index (κ1) is 22.5. The van der Waals surface area contributed by atoms with Crippen LogP contribution in [0.3, 0.4) is 0 Å². The Morgan fingerprint density at radius 1 is 1.11 bits per heavy atom. The van der Waals surface area contributed by atoms with Gasteiger partial charge < -0.3 is 10.1 Å². The maximum atomic E-state index is 12.3. The standard InChI is InChI=1S/C26H27N7O2/c1-2-3-15-35-21-8-6-20(7-9-21)22-16-23-26-30-29-24(32(26)13-14-33(23)31-22)10-11-25(34)28-18-19-5-4-12-27-17-19/h4-9,12-14,16-17H,2-3,10-11,15,18H2,1H3,(H,28,34). The van der Waals surface area contributed by atoms with Gasteiger partial charge in [-0.2, -0.15) is 5.10 Å². The van der Waals surface area contributed by atoms with Crippen molar-refractivity contribution >= 4 is 17.1 Å². The van der Waals surface area contributed by atoms with Crippen LogP contribution in [-0.2, 0) is 17.8 Å². The number of hydrogen-bond acceptors (Lipinski definition) is 6. The number of benzene rings is 1. The van der Waals surface area contributed by atoms with Crippen LogP contribution in [0.5, 0.6) is 5.75 Å². The van der Waals surface area contributed by atoms with Gasteiger partial charge in [-0.15, -0.1) is 10.2 Å². The quantitative estimate of drug-likeness (QED) is 0.312. The number of amides is 1. The normalized spacial score (nSPS) is 11.2. The van der Waals surface area contributed by atoms with Crippen LogP contribution in [0.2, 0.25) is 0 Å². The van der Waals surface area contributed by atoms with Crippen molar-refractivity contribution in [3.05, 3.63) is 78.6 Å². The maximum absolute atomic E-state index is 12.3. The largest absolute Gasteiger partial charge is 0.494 e. The Kier molecular flexibility index (Phi) is 6.65. The number of nitrogens with zero attached hydrogens (tertiary/aromatic N) is 6. The van der Waals surface area contributed by atoms with Gasteiger partial charge in [0.2, 0.25) is 5.91 Å².